The number of ketones is 1. The minimum absolute atomic E-state index is 0.172. The topological polar surface area (TPSA) is 87.6 Å². The number of allylic oxidation sites excluding steroid dienone is 1. The fraction of sp³-hybridized carbons (Fsp3) is 0.600. The zero-order valence-corrected chi connectivity index (χ0v) is 12.9. The number of rotatable bonds is 5. The number of nitrogens with zero attached hydrogens (tertiary/aromatic N) is 1. The molecule has 2 unspecified atom stereocenters. The van der Waals surface area contributed by atoms with E-state index in [0.717, 1.165) is 0 Å². The third-order valence-electron chi connectivity index (χ3n) is 3.08. The largest absolute Gasteiger partial charge is 0.345 e. The van der Waals surface area contributed by atoms with Gasteiger partial charge in [0.15, 0.2) is 5.78 Å². The number of carbonyl (C=O) groups excluding carboxylic acids is 3. The van der Waals surface area contributed by atoms with Gasteiger partial charge >= 0.3 is 0 Å². The van der Waals surface area contributed by atoms with Crippen molar-refractivity contribution in [2.75, 3.05) is 0 Å². The van der Waals surface area contributed by atoms with Gasteiger partial charge in [0.2, 0.25) is 11.8 Å². The maximum absolute atomic E-state index is 12.0. The van der Waals surface area contributed by atoms with E-state index in [0.29, 0.717) is 6.42 Å². The monoisotopic (exact) mass is 293 g/mol. The van der Waals surface area contributed by atoms with Gasteiger partial charge < -0.3 is 10.6 Å². The molecule has 1 aliphatic heterocycles. The molecule has 6 heteroatoms. The Bertz CT molecular complexity index is 469. The van der Waals surface area contributed by atoms with Gasteiger partial charge in [-0.25, -0.2) is 0 Å². The third-order valence-corrected chi connectivity index (χ3v) is 3.08. The van der Waals surface area contributed by atoms with Crippen molar-refractivity contribution in [2.24, 2.45) is 10.9 Å². The lowest BCUT2D eigenvalue weighted by atomic mass is 10.1. The fourth-order valence-electron chi connectivity index (χ4n) is 1.90. The van der Waals surface area contributed by atoms with Crippen LogP contribution in [0.3, 0.4) is 0 Å². The smallest absolute Gasteiger partial charge is 0.243 e. The first-order valence-corrected chi connectivity index (χ1v) is 7.14. The quantitative estimate of drug-likeness (QED) is 0.779. The van der Waals surface area contributed by atoms with E-state index in [1.807, 2.05) is 13.8 Å². The highest BCUT2D eigenvalue weighted by Crippen LogP contribution is 2.04. The van der Waals surface area contributed by atoms with Crippen molar-refractivity contribution in [3.05, 3.63) is 12.2 Å². The lowest BCUT2D eigenvalue weighted by Crippen LogP contribution is -2.51. The molecule has 6 nitrogen and oxygen atoms in total. The molecule has 0 spiro atoms. The third kappa shape index (κ3) is 5.49. The summed E-state index contributed by atoms with van der Waals surface area (Å²) in [4.78, 5) is 39.7. The molecule has 1 rings (SSSR count). The number of hydrogen-bond donors (Lipinski definition) is 2. The number of hydrogen-bond acceptors (Lipinski definition) is 4. The first-order valence-electron chi connectivity index (χ1n) is 7.14. The Morgan fingerprint density at radius 2 is 2.00 bits per heavy atom. The Balaban J connectivity index is 2.56. The number of aliphatic imine (C=N–C) groups is 1. The van der Waals surface area contributed by atoms with Crippen molar-refractivity contribution in [3.63, 3.8) is 0 Å². The van der Waals surface area contributed by atoms with E-state index in [-0.39, 0.29) is 23.5 Å². The van der Waals surface area contributed by atoms with Crippen LogP contribution in [-0.2, 0) is 14.4 Å². The molecule has 3 atom stereocenters. The molecule has 116 valence electrons. The van der Waals surface area contributed by atoms with Gasteiger partial charge in [-0.3, -0.25) is 19.4 Å². The van der Waals surface area contributed by atoms with Gasteiger partial charge in [-0.15, -0.1) is 0 Å². The summed E-state index contributed by atoms with van der Waals surface area (Å²) in [7, 11) is 0. The number of amides is 2. The van der Waals surface area contributed by atoms with Crippen molar-refractivity contribution in [1.82, 2.24) is 10.6 Å². The van der Waals surface area contributed by atoms with E-state index in [2.05, 4.69) is 15.6 Å². The van der Waals surface area contributed by atoms with Crippen LogP contribution < -0.4 is 10.6 Å². The standard InChI is InChI=1S/C15H23N3O3/c1-9(2)8-13(19)17-11(4)15(21)18-12-6-5-7-16-10(3)14(12)20/h5-7,9-12H,8H2,1-4H3,(H,17,19)(H,18,21)/t10?,11-,12?/m0/s1. The van der Waals surface area contributed by atoms with Crippen molar-refractivity contribution in [1.29, 1.82) is 0 Å². The zero-order valence-electron chi connectivity index (χ0n) is 12.9. The van der Waals surface area contributed by atoms with Crippen LogP contribution in [0.2, 0.25) is 0 Å². The van der Waals surface area contributed by atoms with Gasteiger partial charge in [0, 0.05) is 12.6 Å². The highest BCUT2D eigenvalue weighted by atomic mass is 16.2. The van der Waals surface area contributed by atoms with E-state index in [1.54, 1.807) is 32.2 Å². The molecule has 1 heterocycles. The molecule has 2 amide bonds. The van der Waals surface area contributed by atoms with Crippen LogP contribution in [0.15, 0.2) is 17.1 Å². The van der Waals surface area contributed by atoms with E-state index in [4.69, 9.17) is 0 Å². The van der Waals surface area contributed by atoms with Crippen LogP contribution in [0, 0.1) is 5.92 Å². The highest BCUT2D eigenvalue weighted by molar-refractivity contribution is 5.98. The van der Waals surface area contributed by atoms with Gasteiger partial charge in [0.1, 0.15) is 18.1 Å². The summed E-state index contributed by atoms with van der Waals surface area (Å²) in [5.41, 5.74) is 0. The summed E-state index contributed by atoms with van der Waals surface area (Å²) in [6.07, 6.45) is 5.14. The molecule has 0 bridgehead atoms. The van der Waals surface area contributed by atoms with Crippen molar-refractivity contribution in [2.45, 2.75) is 52.2 Å². The number of nitrogens with one attached hydrogen (secondary N) is 2. The second kappa shape index (κ2) is 7.71. The Kier molecular flexibility index (Phi) is 6.27. The predicted octanol–water partition coefficient (Wildman–Crippen LogP) is 0.620. The summed E-state index contributed by atoms with van der Waals surface area (Å²) in [6, 6.07) is -1.88. The second-order valence-corrected chi connectivity index (χ2v) is 5.63. The summed E-state index contributed by atoms with van der Waals surface area (Å²) in [5, 5.41) is 5.25. The maximum Gasteiger partial charge on any atom is 0.243 e. The number of Topliss-reactive ketones (excluding diaryl/α,β-unsaturated/α-hetero) is 1. The minimum atomic E-state index is -0.709. The van der Waals surface area contributed by atoms with Gasteiger partial charge in [0.05, 0.1) is 0 Å². The summed E-state index contributed by atoms with van der Waals surface area (Å²) in [6.45, 7) is 7.14. The fourth-order valence-corrected chi connectivity index (χ4v) is 1.90. The molecule has 0 aliphatic carbocycles. The molecule has 0 aromatic heterocycles. The van der Waals surface area contributed by atoms with E-state index >= 15 is 0 Å². The van der Waals surface area contributed by atoms with Crippen LogP contribution >= 0.6 is 0 Å². The van der Waals surface area contributed by atoms with Crippen molar-refractivity contribution < 1.29 is 14.4 Å². The zero-order chi connectivity index (χ0) is 16.0. The first-order chi connectivity index (χ1) is 9.81. The maximum atomic E-state index is 12.0. The SMILES string of the molecule is CC(C)CC(=O)N[C@@H](C)C(=O)NC1C=CC=NC(C)C1=O. The summed E-state index contributed by atoms with van der Waals surface area (Å²) in [5.74, 6) is -0.505. The second-order valence-electron chi connectivity index (χ2n) is 5.63. The molecule has 0 aromatic carbocycles. The van der Waals surface area contributed by atoms with E-state index in [1.165, 1.54) is 0 Å². The Hall–Kier alpha value is -1.98. The Morgan fingerprint density at radius 1 is 1.33 bits per heavy atom. The van der Waals surface area contributed by atoms with Crippen LogP contribution in [0.25, 0.3) is 0 Å². The van der Waals surface area contributed by atoms with Crippen LogP contribution in [0.1, 0.15) is 34.1 Å². The highest BCUT2D eigenvalue weighted by Gasteiger charge is 2.26. The molecule has 0 radical (unpaired) electrons. The Morgan fingerprint density at radius 3 is 2.62 bits per heavy atom. The lowest BCUT2D eigenvalue weighted by molar-refractivity contribution is -0.130. The van der Waals surface area contributed by atoms with Gasteiger partial charge in [-0.2, -0.15) is 0 Å². The molecular formula is C15H23N3O3. The summed E-state index contributed by atoms with van der Waals surface area (Å²) >= 11 is 0. The van der Waals surface area contributed by atoms with Crippen LogP contribution in [-0.4, -0.2) is 41.9 Å². The lowest BCUT2D eigenvalue weighted by Gasteiger charge is -2.19. The summed E-state index contributed by atoms with van der Waals surface area (Å²) < 4.78 is 0. The van der Waals surface area contributed by atoms with Crippen molar-refractivity contribution in [3.8, 4) is 0 Å². The predicted molar refractivity (Wildman–Crippen MR) is 81.1 cm³/mol. The van der Waals surface area contributed by atoms with E-state index in [9.17, 15) is 14.4 Å². The molecule has 1 aliphatic rings. The minimum Gasteiger partial charge on any atom is -0.345 e. The number of carbonyl (C=O) groups is 3. The van der Waals surface area contributed by atoms with Crippen LogP contribution in [0.5, 0.6) is 0 Å². The normalized spacial score (nSPS) is 22.8. The Labute approximate surface area is 125 Å². The average molecular weight is 293 g/mol. The molecular weight excluding hydrogens is 270 g/mol. The molecule has 0 aromatic rings. The van der Waals surface area contributed by atoms with Gasteiger partial charge in [-0.1, -0.05) is 19.9 Å². The molecule has 0 saturated carbocycles. The average Bonchev–Trinajstić information content (AvgIpc) is 2.53. The molecule has 2 N–H and O–H groups in total. The molecule has 0 saturated heterocycles. The van der Waals surface area contributed by atoms with E-state index < -0.39 is 18.1 Å². The van der Waals surface area contributed by atoms with Crippen molar-refractivity contribution >= 4 is 23.8 Å². The molecule has 0 fully saturated rings. The van der Waals surface area contributed by atoms with Crippen LogP contribution in [0.4, 0.5) is 0 Å². The van der Waals surface area contributed by atoms with Gasteiger partial charge in [-0.05, 0) is 25.8 Å². The molecule has 21 heavy (non-hydrogen) atoms. The first kappa shape index (κ1) is 17.1. The van der Waals surface area contributed by atoms with Gasteiger partial charge in [0.25, 0.3) is 0 Å².